The molecule has 0 bridgehead atoms. The molecule has 0 spiro atoms. The summed E-state index contributed by atoms with van der Waals surface area (Å²) in [6.07, 6.45) is 4.49. The minimum atomic E-state index is -0.0993. The van der Waals surface area contributed by atoms with Crippen LogP contribution >= 0.6 is 0 Å². The number of aliphatic hydroxyl groups excluding tert-OH is 1. The maximum atomic E-state index is 9.36. The Morgan fingerprint density at radius 1 is 1.25 bits per heavy atom. The fraction of sp³-hybridized carbons (Fsp3) is 1.00. The van der Waals surface area contributed by atoms with Crippen LogP contribution in [0.5, 0.6) is 0 Å². The number of hydrogen-bond acceptors (Lipinski definition) is 3. The lowest BCUT2D eigenvalue weighted by atomic mass is 10.1. The lowest BCUT2D eigenvalue weighted by Gasteiger charge is -2.26. The van der Waals surface area contributed by atoms with E-state index in [-0.39, 0.29) is 6.10 Å². The minimum absolute atomic E-state index is 0.0993. The van der Waals surface area contributed by atoms with Gasteiger partial charge >= 0.3 is 0 Å². The van der Waals surface area contributed by atoms with Crippen molar-refractivity contribution in [2.24, 2.45) is 5.73 Å². The van der Waals surface area contributed by atoms with Crippen molar-refractivity contribution in [3.8, 4) is 0 Å². The predicted molar refractivity (Wildman–Crippen MR) is 47.8 cm³/mol. The van der Waals surface area contributed by atoms with Crippen LogP contribution in [0.2, 0.25) is 0 Å². The van der Waals surface area contributed by atoms with E-state index >= 15 is 0 Å². The Morgan fingerprint density at radius 3 is 2.58 bits per heavy atom. The molecule has 3 N–H and O–H groups in total. The molecule has 3 atom stereocenters. The number of hydrogen-bond donors (Lipinski definition) is 2. The van der Waals surface area contributed by atoms with Crippen molar-refractivity contribution < 1.29 is 5.11 Å². The standard InChI is InChI=1S/C9H18N2O/c10-8-2-1-3-9(8)11-5-4-7(12)6-11/h7-9,12H,1-6,10H2/t7?,8-,9+/m1/s1. The minimum Gasteiger partial charge on any atom is -0.392 e. The highest BCUT2D eigenvalue weighted by molar-refractivity contribution is 4.91. The SMILES string of the molecule is N[C@@H]1CCC[C@@H]1N1CCC(O)C1. The Morgan fingerprint density at radius 2 is 2.08 bits per heavy atom. The first-order valence-electron chi connectivity index (χ1n) is 4.95. The Balaban J connectivity index is 1.91. The van der Waals surface area contributed by atoms with Gasteiger partial charge in [0, 0.05) is 25.2 Å². The summed E-state index contributed by atoms with van der Waals surface area (Å²) in [5.74, 6) is 0. The molecule has 0 amide bonds. The third-order valence-corrected chi connectivity index (χ3v) is 3.20. The highest BCUT2D eigenvalue weighted by Crippen LogP contribution is 2.25. The zero-order valence-electron chi connectivity index (χ0n) is 7.45. The van der Waals surface area contributed by atoms with Crippen molar-refractivity contribution in [3.05, 3.63) is 0 Å². The molecular formula is C9H18N2O. The molecule has 1 aliphatic heterocycles. The number of likely N-dealkylation sites (tertiary alicyclic amines) is 1. The summed E-state index contributed by atoms with van der Waals surface area (Å²) in [4.78, 5) is 2.36. The third kappa shape index (κ3) is 1.49. The second kappa shape index (κ2) is 3.32. The van der Waals surface area contributed by atoms with Crippen molar-refractivity contribution >= 4 is 0 Å². The summed E-state index contributed by atoms with van der Waals surface area (Å²) >= 11 is 0. The van der Waals surface area contributed by atoms with Gasteiger partial charge in [-0.25, -0.2) is 0 Å². The first-order chi connectivity index (χ1) is 5.77. The van der Waals surface area contributed by atoms with Crippen molar-refractivity contribution in [2.75, 3.05) is 13.1 Å². The smallest absolute Gasteiger partial charge is 0.0679 e. The third-order valence-electron chi connectivity index (χ3n) is 3.20. The molecular weight excluding hydrogens is 152 g/mol. The largest absolute Gasteiger partial charge is 0.392 e. The van der Waals surface area contributed by atoms with Crippen LogP contribution in [0.1, 0.15) is 25.7 Å². The fourth-order valence-corrected chi connectivity index (χ4v) is 2.49. The predicted octanol–water partition coefficient (Wildman–Crippen LogP) is -0.0672. The van der Waals surface area contributed by atoms with Crippen molar-refractivity contribution in [2.45, 2.75) is 43.9 Å². The van der Waals surface area contributed by atoms with Gasteiger partial charge in [-0.15, -0.1) is 0 Å². The van der Waals surface area contributed by atoms with E-state index < -0.39 is 0 Å². The number of aliphatic hydroxyl groups is 1. The van der Waals surface area contributed by atoms with E-state index in [2.05, 4.69) is 4.90 Å². The summed E-state index contributed by atoms with van der Waals surface area (Å²) in [6, 6.07) is 0.914. The number of β-amino-alcohol motifs (C(OH)–C–C–N with tert-alkyl or cyclic N) is 1. The van der Waals surface area contributed by atoms with Gasteiger partial charge in [-0.3, -0.25) is 4.90 Å². The van der Waals surface area contributed by atoms with E-state index in [9.17, 15) is 5.11 Å². The first kappa shape index (κ1) is 8.48. The molecule has 0 aromatic carbocycles. The Labute approximate surface area is 73.5 Å². The fourth-order valence-electron chi connectivity index (χ4n) is 2.49. The van der Waals surface area contributed by atoms with E-state index in [4.69, 9.17) is 5.73 Å². The number of nitrogens with two attached hydrogens (primary N) is 1. The van der Waals surface area contributed by atoms with Gasteiger partial charge in [0.1, 0.15) is 0 Å². The molecule has 1 aliphatic carbocycles. The van der Waals surface area contributed by atoms with Gasteiger partial charge in [0.05, 0.1) is 6.10 Å². The summed E-state index contributed by atoms with van der Waals surface area (Å²) < 4.78 is 0. The molecule has 1 saturated heterocycles. The lowest BCUT2D eigenvalue weighted by molar-refractivity contribution is 0.155. The molecule has 0 aromatic heterocycles. The Bertz CT molecular complexity index is 163. The molecule has 70 valence electrons. The second-order valence-corrected chi connectivity index (χ2v) is 4.10. The van der Waals surface area contributed by atoms with Gasteiger partial charge in [-0.05, 0) is 19.3 Å². The van der Waals surface area contributed by atoms with Crippen LogP contribution in [-0.2, 0) is 0 Å². The molecule has 3 heteroatoms. The van der Waals surface area contributed by atoms with Gasteiger partial charge < -0.3 is 10.8 Å². The zero-order chi connectivity index (χ0) is 8.55. The Hall–Kier alpha value is -0.120. The molecule has 2 fully saturated rings. The van der Waals surface area contributed by atoms with Gasteiger partial charge in [-0.1, -0.05) is 6.42 Å². The molecule has 12 heavy (non-hydrogen) atoms. The van der Waals surface area contributed by atoms with Crippen LogP contribution in [-0.4, -0.2) is 41.3 Å². The van der Waals surface area contributed by atoms with Crippen molar-refractivity contribution in [1.29, 1.82) is 0 Å². The van der Waals surface area contributed by atoms with Gasteiger partial charge in [0.25, 0.3) is 0 Å². The molecule has 0 radical (unpaired) electrons. The molecule has 2 rings (SSSR count). The maximum absolute atomic E-state index is 9.36. The van der Waals surface area contributed by atoms with Crippen LogP contribution in [0.3, 0.4) is 0 Å². The van der Waals surface area contributed by atoms with Gasteiger partial charge in [0.15, 0.2) is 0 Å². The summed E-state index contributed by atoms with van der Waals surface area (Å²) in [5, 5.41) is 9.36. The molecule has 1 heterocycles. The monoisotopic (exact) mass is 170 g/mol. The first-order valence-corrected chi connectivity index (χ1v) is 4.95. The normalized spacial score (nSPS) is 44.0. The van der Waals surface area contributed by atoms with Gasteiger partial charge in [0.2, 0.25) is 0 Å². The number of nitrogens with zero attached hydrogens (tertiary/aromatic N) is 1. The van der Waals surface area contributed by atoms with Crippen LogP contribution in [0.15, 0.2) is 0 Å². The van der Waals surface area contributed by atoms with E-state index in [1.807, 2.05) is 0 Å². The zero-order valence-corrected chi connectivity index (χ0v) is 7.45. The Kier molecular flexibility index (Phi) is 2.35. The summed E-state index contributed by atoms with van der Waals surface area (Å²) in [7, 11) is 0. The van der Waals surface area contributed by atoms with E-state index in [0.717, 1.165) is 25.9 Å². The van der Waals surface area contributed by atoms with Crippen LogP contribution in [0.25, 0.3) is 0 Å². The highest BCUT2D eigenvalue weighted by Gasteiger charge is 2.33. The average Bonchev–Trinajstić information content (AvgIpc) is 2.58. The molecule has 0 aromatic rings. The summed E-state index contributed by atoms with van der Waals surface area (Å²) in [5.41, 5.74) is 5.98. The number of rotatable bonds is 1. The molecule has 3 nitrogen and oxygen atoms in total. The second-order valence-electron chi connectivity index (χ2n) is 4.10. The van der Waals surface area contributed by atoms with Crippen LogP contribution in [0.4, 0.5) is 0 Å². The van der Waals surface area contributed by atoms with Crippen LogP contribution in [0, 0.1) is 0 Å². The summed E-state index contributed by atoms with van der Waals surface area (Å²) in [6.45, 7) is 1.89. The topological polar surface area (TPSA) is 49.5 Å². The molecule has 1 unspecified atom stereocenters. The lowest BCUT2D eigenvalue weighted by Crippen LogP contribution is -2.43. The average molecular weight is 170 g/mol. The van der Waals surface area contributed by atoms with Gasteiger partial charge in [-0.2, -0.15) is 0 Å². The van der Waals surface area contributed by atoms with Crippen molar-refractivity contribution in [3.63, 3.8) is 0 Å². The van der Waals surface area contributed by atoms with Crippen LogP contribution < -0.4 is 5.73 Å². The van der Waals surface area contributed by atoms with E-state index in [1.165, 1.54) is 12.8 Å². The van der Waals surface area contributed by atoms with E-state index in [1.54, 1.807) is 0 Å². The van der Waals surface area contributed by atoms with Crippen molar-refractivity contribution in [1.82, 2.24) is 4.90 Å². The quantitative estimate of drug-likeness (QED) is 0.579. The molecule has 2 aliphatic rings. The highest BCUT2D eigenvalue weighted by atomic mass is 16.3. The maximum Gasteiger partial charge on any atom is 0.0679 e. The molecule has 1 saturated carbocycles. The van der Waals surface area contributed by atoms with E-state index in [0.29, 0.717) is 12.1 Å².